The highest BCUT2D eigenvalue weighted by Gasteiger charge is 2.03. The number of halogens is 1. The Morgan fingerprint density at radius 1 is 1.07 bits per heavy atom. The minimum atomic E-state index is -0.252. The number of carbonyl (C=O) groups excluding carboxylic acids is 1. The average Bonchev–Trinajstić information content (AvgIpc) is 2.68. The molecule has 0 radical (unpaired) electrons. The number of amides is 1. The Kier molecular flexibility index (Phi) is 6.23. The second-order valence-corrected chi connectivity index (χ2v) is 6.42. The van der Waals surface area contributed by atoms with Crippen molar-refractivity contribution in [2.45, 2.75) is 13.5 Å². The van der Waals surface area contributed by atoms with Crippen LogP contribution in [0.3, 0.4) is 0 Å². The van der Waals surface area contributed by atoms with E-state index in [4.69, 9.17) is 16.3 Å². The van der Waals surface area contributed by atoms with Gasteiger partial charge in [0.15, 0.2) is 0 Å². The molecule has 5 heteroatoms. The molecule has 3 aromatic rings. The van der Waals surface area contributed by atoms with Gasteiger partial charge in [-0.2, -0.15) is 5.10 Å². The Bertz CT molecular complexity index is 953. The van der Waals surface area contributed by atoms with Crippen molar-refractivity contribution in [3.63, 3.8) is 0 Å². The third-order valence-electron chi connectivity index (χ3n) is 3.90. The molecule has 4 nitrogen and oxygen atoms in total. The molecule has 0 aliphatic rings. The molecule has 0 spiro atoms. The summed E-state index contributed by atoms with van der Waals surface area (Å²) in [5.41, 5.74) is 5.92. The van der Waals surface area contributed by atoms with Crippen LogP contribution in [0.4, 0.5) is 0 Å². The van der Waals surface area contributed by atoms with Crippen LogP contribution in [-0.4, -0.2) is 12.1 Å². The number of hydrogen-bond acceptors (Lipinski definition) is 3. The first-order chi connectivity index (χ1) is 13.1. The molecule has 0 aliphatic heterocycles. The molecule has 0 aliphatic carbocycles. The molecule has 0 heterocycles. The van der Waals surface area contributed by atoms with Gasteiger partial charge >= 0.3 is 0 Å². The van der Waals surface area contributed by atoms with Crippen LogP contribution in [-0.2, 0) is 6.61 Å². The quantitative estimate of drug-likeness (QED) is 0.485. The van der Waals surface area contributed by atoms with E-state index in [2.05, 4.69) is 10.5 Å². The molecule has 0 aromatic heterocycles. The fourth-order valence-electron chi connectivity index (χ4n) is 2.40. The summed E-state index contributed by atoms with van der Waals surface area (Å²) in [5, 5.41) is 4.69. The van der Waals surface area contributed by atoms with E-state index in [1.54, 1.807) is 18.3 Å². The van der Waals surface area contributed by atoms with Gasteiger partial charge < -0.3 is 4.74 Å². The molecule has 0 unspecified atom stereocenters. The van der Waals surface area contributed by atoms with Crippen LogP contribution in [0.15, 0.2) is 77.9 Å². The monoisotopic (exact) mass is 378 g/mol. The summed E-state index contributed by atoms with van der Waals surface area (Å²) in [7, 11) is 0. The largest absolute Gasteiger partial charge is 0.489 e. The zero-order valence-corrected chi connectivity index (χ0v) is 15.6. The van der Waals surface area contributed by atoms with Gasteiger partial charge in [0.2, 0.25) is 0 Å². The van der Waals surface area contributed by atoms with Gasteiger partial charge in [0.1, 0.15) is 12.4 Å². The lowest BCUT2D eigenvalue weighted by Gasteiger charge is -2.08. The molecule has 1 N–H and O–H groups in total. The van der Waals surface area contributed by atoms with Crippen molar-refractivity contribution < 1.29 is 9.53 Å². The third kappa shape index (κ3) is 5.43. The van der Waals surface area contributed by atoms with E-state index in [-0.39, 0.29) is 5.91 Å². The maximum Gasteiger partial charge on any atom is 0.271 e. The average molecular weight is 379 g/mol. The molecule has 0 bridgehead atoms. The maximum absolute atomic E-state index is 12.0. The first kappa shape index (κ1) is 18.7. The molecule has 3 rings (SSSR count). The number of carbonyl (C=O) groups is 1. The highest BCUT2D eigenvalue weighted by molar-refractivity contribution is 6.31. The molecule has 27 heavy (non-hydrogen) atoms. The van der Waals surface area contributed by atoms with Crippen LogP contribution >= 0.6 is 11.6 Å². The van der Waals surface area contributed by atoms with Gasteiger partial charge in [0.25, 0.3) is 5.91 Å². The van der Waals surface area contributed by atoms with Crippen molar-refractivity contribution in [1.29, 1.82) is 0 Å². The first-order valence-electron chi connectivity index (χ1n) is 8.48. The number of hydrogen-bond donors (Lipinski definition) is 1. The zero-order chi connectivity index (χ0) is 19.1. The summed E-state index contributed by atoms with van der Waals surface area (Å²) in [6.45, 7) is 2.35. The minimum absolute atomic E-state index is 0.252. The number of aryl methyl sites for hydroxylation is 1. The number of benzene rings is 3. The van der Waals surface area contributed by atoms with Crippen molar-refractivity contribution in [2.24, 2.45) is 5.10 Å². The van der Waals surface area contributed by atoms with Crippen molar-refractivity contribution in [2.75, 3.05) is 0 Å². The number of rotatable bonds is 6. The van der Waals surface area contributed by atoms with Crippen LogP contribution in [0.1, 0.15) is 27.0 Å². The molecule has 3 aromatic carbocycles. The summed E-state index contributed by atoms with van der Waals surface area (Å²) >= 11 is 6.14. The molecular weight excluding hydrogens is 360 g/mol. The smallest absolute Gasteiger partial charge is 0.271 e. The van der Waals surface area contributed by atoms with Crippen molar-refractivity contribution in [3.05, 3.63) is 100 Å². The predicted octanol–water partition coefficient (Wildman–Crippen LogP) is 4.99. The summed E-state index contributed by atoms with van der Waals surface area (Å²) in [6.07, 6.45) is 1.58. The van der Waals surface area contributed by atoms with Crippen molar-refractivity contribution in [3.8, 4) is 5.75 Å². The second kappa shape index (κ2) is 9.01. The number of ether oxygens (including phenoxy) is 1. The summed E-state index contributed by atoms with van der Waals surface area (Å²) in [4.78, 5) is 12.0. The summed E-state index contributed by atoms with van der Waals surface area (Å²) < 4.78 is 5.79. The standard InChI is InChI=1S/C22H19ClN2O2/c1-16-9-11-18(12-10-16)22(26)25-24-14-17-5-4-7-20(13-17)27-15-19-6-2-3-8-21(19)23/h2-14H,15H2,1H3,(H,25,26)/b24-14-. The van der Waals surface area contributed by atoms with Crippen LogP contribution in [0.25, 0.3) is 0 Å². The van der Waals surface area contributed by atoms with Gasteiger partial charge in [-0.05, 0) is 42.8 Å². The number of nitrogens with zero attached hydrogens (tertiary/aromatic N) is 1. The minimum Gasteiger partial charge on any atom is -0.489 e. The van der Waals surface area contributed by atoms with E-state index in [1.807, 2.05) is 67.6 Å². The van der Waals surface area contributed by atoms with Crippen molar-refractivity contribution in [1.82, 2.24) is 5.43 Å². The van der Waals surface area contributed by atoms with E-state index in [0.717, 1.165) is 16.7 Å². The van der Waals surface area contributed by atoms with Gasteiger partial charge in [-0.1, -0.05) is 59.6 Å². The lowest BCUT2D eigenvalue weighted by molar-refractivity contribution is 0.0955. The molecule has 0 atom stereocenters. The van der Waals surface area contributed by atoms with E-state index in [9.17, 15) is 4.79 Å². The second-order valence-electron chi connectivity index (χ2n) is 6.02. The molecule has 0 fully saturated rings. The molecular formula is C22H19ClN2O2. The zero-order valence-electron chi connectivity index (χ0n) is 14.9. The van der Waals surface area contributed by atoms with Gasteiger partial charge in [-0.15, -0.1) is 0 Å². The lowest BCUT2D eigenvalue weighted by atomic mass is 10.1. The Morgan fingerprint density at radius 3 is 2.63 bits per heavy atom. The van der Waals surface area contributed by atoms with Gasteiger partial charge in [-0.3, -0.25) is 4.79 Å². The number of hydrazone groups is 1. The Labute approximate surface area is 163 Å². The van der Waals surface area contributed by atoms with Gasteiger partial charge in [0.05, 0.1) is 6.21 Å². The fourth-order valence-corrected chi connectivity index (χ4v) is 2.59. The first-order valence-corrected chi connectivity index (χ1v) is 8.86. The number of nitrogens with one attached hydrogen (secondary N) is 1. The fraction of sp³-hybridized carbons (Fsp3) is 0.0909. The SMILES string of the molecule is Cc1ccc(C(=O)N/N=C\c2cccc(OCc3ccccc3Cl)c2)cc1. The molecule has 0 saturated heterocycles. The van der Waals surface area contributed by atoms with Crippen LogP contribution < -0.4 is 10.2 Å². The topological polar surface area (TPSA) is 50.7 Å². The van der Waals surface area contributed by atoms with Gasteiger partial charge in [0, 0.05) is 16.1 Å². The normalized spacial score (nSPS) is 10.7. The van der Waals surface area contributed by atoms with Crippen LogP contribution in [0, 0.1) is 6.92 Å². The third-order valence-corrected chi connectivity index (χ3v) is 4.27. The lowest BCUT2D eigenvalue weighted by Crippen LogP contribution is -2.17. The predicted molar refractivity (Wildman–Crippen MR) is 108 cm³/mol. The molecule has 0 saturated carbocycles. The Balaban J connectivity index is 1.58. The Morgan fingerprint density at radius 2 is 1.85 bits per heavy atom. The van der Waals surface area contributed by atoms with E-state index >= 15 is 0 Å². The van der Waals surface area contributed by atoms with E-state index in [0.29, 0.717) is 22.9 Å². The summed E-state index contributed by atoms with van der Waals surface area (Å²) in [6, 6.07) is 22.3. The highest BCUT2D eigenvalue weighted by Crippen LogP contribution is 2.19. The van der Waals surface area contributed by atoms with Crippen LogP contribution in [0.2, 0.25) is 5.02 Å². The van der Waals surface area contributed by atoms with Gasteiger partial charge in [-0.25, -0.2) is 5.43 Å². The Hall–Kier alpha value is -3.11. The molecule has 1 amide bonds. The van der Waals surface area contributed by atoms with Crippen molar-refractivity contribution >= 4 is 23.7 Å². The van der Waals surface area contributed by atoms with E-state index in [1.165, 1.54) is 0 Å². The highest BCUT2D eigenvalue weighted by atomic mass is 35.5. The van der Waals surface area contributed by atoms with Crippen LogP contribution in [0.5, 0.6) is 5.75 Å². The summed E-state index contributed by atoms with van der Waals surface area (Å²) in [5.74, 6) is 0.445. The maximum atomic E-state index is 12.0. The molecule has 136 valence electrons. The van der Waals surface area contributed by atoms with E-state index < -0.39 is 0 Å².